The molecule has 0 aliphatic rings. The van der Waals surface area contributed by atoms with Gasteiger partial charge in [-0.1, -0.05) is 6.92 Å². The average molecular weight is 188 g/mol. The summed E-state index contributed by atoms with van der Waals surface area (Å²) in [5.74, 6) is -0.833. The zero-order valence-electron chi connectivity index (χ0n) is 7.07. The molecule has 0 spiro atoms. The summed E-state index contributed by atoms with van der Waals surface area (Å²) >= 11 is 1.50. The summed E-state index contributed by atoms with van der Waals surface area (Å²) in [6.07, 6.45) is 0.980. The Hall–Kier alpha value is -1.10. The average Bonchev–Trinajstić information content (AvgIpc) is 2.34. The van der Waals surface area contributed by atoms with Crippen LogP contribution in [0, 0.1) is 0 Å². The normalized spacial score (nSPS) is 8.50. The van der Waals surface area contributed by atoms with Gasteiger partial charge in [0.05, 0.1) is 5.69 Å². The van der Waals surface area contributed by atoms with E-state index in [0.717, 1.165) is 19.0 Å². The number of hydrogen-bond donors (Lipinski definition) is 2. The Labute approximate surface area is 75.1 Å². The Kier molecular flexibility index (Phi) is 5.03. The van der Waals surface area contributed by atoms with Crippen LogP contribution in [0.4, 0.5) is 5.13 Å². The predicted octanol–water partition coefficient (Wildman–Crippen LogP) is 1.38. The third kappa shape index (κ3) is 5.67. The van der Waals surface area contributed by atoms with Crippen molar-refractivity contribution in [2.75, 3.05) is 5.73 Å². The molecule has 0 fully saturated rings. The van der Waals surface area contributed by atoms with E-state index in [1.807, 2.05) is 5.38 Å². The van der Waals surface area contributed by atoms with Gasteiger partial charge in [-0.2, -0.15) is 0 Å². The maximum Gasteiger partial charge on any atom is 0.300 e. The number of aromatic nitrogens is 1. The number of carbonyl (C=O) groups is 1. The first-order valence-corrected chi connectivity index (χ1v) is 4.33. The fraction of sp³-hybridized carbons (Fsp3) is 0.429. The van der Waals surface area contributed by atoms with Gasteiger partial charge in [0.25, 0.3) is 5.97 Å². The van der Waals surface area contributed by atoms with Crippen molar-refractivity contribution in [3.8, 4) is 0 Å². The molecule has 1 aromatic rings. The van der Waals surface area contributed by atoms with Crippen molar-refractivity contribution in [1.82, 2.24) is 4.98 Å². The smallest absolute Gasteiger partial charge is 0.300 e. The fourth-order valence-corrected chi connectivity index (χ4v) is 1.13. The third-order valence-corrected chi connectivity index (χ3v) is 1.65. The summed E-state index contributed by atoms with van der Waals surface area (Å²) in [5, 5.41) is 10.1. The van der Waals surface area contributed by atoms with Crippen LogP contribution in [0.1, 0.15) is 19.5 Å². The number of aliphatic carboxylic acids is 1. The highest BCUT2D eigenvalue weighted by Crippen LogP contribution is 2.10. The standard InChI is InChI=1S/C5H8N2S.C2H4O2/c1-2-4-3-8-5(6)7-4;1-2(3)4/h3H,2H2,1H3,(H2,6,7);1H3,(H,3,4). The SMILES string of the molecule is CC(=O)O.CCc1csc(N)n1. The van der Waals surface area contributed by atoms with Crippen molar-refractivity contribution >= 4 is 22.4 Å². The highest BCUT2D eigenvalue weighted by Gasteiger charge is 1.91. The molecule has 0 atom stereocenters. The first-order chi connectivity index (χ1) is 5.56. The van der Waals surface area contributed by atoms with Crippen LogP contribution in [0.5, 0.6) is 0 Å². The molecule has 0 radical (unpaired) electrons. The summed E-state index contributed by atoms with van der Waals surface area (Å²) in [7, 11) is 0. The summed E-state index contributed by atoms with van der Waals surface area (Å²) in [5.41, 5.74) is 6.45. The molecule has 0 saturated carbocycles. The Bertz CT molecular complexity index is 243. The van der Waals surface area contributed by atoms with Crippen LogP contribution in [0.3, 0.4) is 0 Å². The Morgan fingerprint density at radius 3 is 2.50 bits per heavy atom. The van der Waals surface area contributed by atoms with E-state index < -0.39 is 5.97 Å². The molecule has 1 heterocycles. The molecular formula is C7H12N2O2S. The largest absolute Gasteiger partial charge is 0.481 e. The van der Waals surface area contributed by atoms with Crippen LogP contribution in [-0.4, -0.2) is 16.1 Å². The zero-order valence-corrected chi connectivity index (χ0v) is 7.89. The van der Waals surface area contributed by atoms with Crippen molar-refractivity contribution in [3.05, 3.63) is 11.1 Å². The molecule has 4 nitrogen and oxygen atoms in total. The minimum Gasteiger partial charge on any atom is -0.481 e. The number of nitrogens with zero attached hydrogens (tertiary/aromatic N) is 1. The molecule has 0 unspecified atom stereocenters. The molecule has 5 heteroatoms. The number of nitrogens with two attached hydrogens (primary N) is 1. The van der Waals surface area contributed by atoms with Crippen molar-refractivity contribution in [2.45, 2.75) is 20.3 Å². The van der Waals surface area contributed by atoms with E-state index in [9.17, 15) is 0 Å². The first kappa shape index (κ1) is 10.9. The molecule has 0 aliphatic heterocycles. The van der Waals surface area contributed by atoms with E-state index in [-0.39, 0.29) is 0 Å². The summed E-state index contributed by atoms with van der Waals surface area (Å²) in [4.78, 5) is 13.0. The van der Waals surface area contributed by atoms with E-state index in [2.05, 4.69) is 11.9 Å². The Morgan fingerprint density at radius 1 is 1.83 bits per heavy atom. The molecule has 1 rings (SSSR count). The summed E-state index contributed by atoms with van der Waals surface area (Å²) < 4.78 is 0. The number of anilines is 1. The van der Waals surface area contributed by atoms with Crippen LogP contribution in [0.2, 0.25) is 0 Å². The molecule has 1 aromatic heterocycles. The van der Waals surface area contributed by atoms with Gasteiger partial charge in [0.2, 0.25) is 0 Å². The molecule has 0 saturated heterocycles. The topological polar surface area (TPSA) is 76.2 Å². The van der Waals surface area contributed by atoms with Crippen LogP contribution in [-0.2, 0) is 11.2 Å². The van der Waals surface area contributed by atoms with E-state index in [4.69, 9.17) is 15.6 Å². The number of hydrogen-bond acceptors (Lipinski definition) is 4. The van der Waals surface area contributed by atoms with Gasteiger partial charge in [0.15, 0.2) is 5.13 Å². The van der Waals surface area contributed by atoms with Gasteiger partial charge in [-0.25, -0.2) is 4.98 Å². The van der Waals surface area contributed by atoms with Gasteiger partial charge < -0.3 is 10.8 Å². The predicted molar refractivity (Wildman–Crippen MR) is 49.2 cm³/mol. The fourth-order valence-electron chi connectivity index (χ4n) is 0.485. The zero-order chi connectivity index (χ0) is 9.56. The van der Waals surface area contributed by atoms with Gasteiger partial charge in [-0.05, 0) is 6.42 Å². The minimum atomic E-state index is -0.833. The number of rotatable bonds is 1. The van der Waals surface area contributed by atoms with Gasteiger partial charge in [0.1, 0.15) is 0 Å². The van der Waals surface area contributed by atoms with Gasteiger partial charge >= 0.3 is 0 Å². The maximum absolute atomic E-state index is 9.00. The van der Waals surface area contributed by atoms with E-state index in [1.165, 1.54) is 11.3 Å². The second-order valence-electron chi connectivity index (χ2n) is 2.05. The number of nitrogen functional groups attached to an aromatic ring is 1. The lowest BCUT2D eigenvalue weighted by molar-refractivity contribution is -0.134. The first-order valence-electron chi connectivity index (χ1n) is 3.45. The Morgan fingerprint density at radius 2 is 2.33 bits per heavy atom. The molecule has 12 heavy (non-hydrogen) atoms. The van der Waals surface area contributed by atoms with E-state index >= 15 is 0 Å². The summed E-state index contributed by atoms with van der Waals surface area (Å²) in [6, 6.07) is 0. The summed E-state index contributed by atoms with van der Waals surface area (Å²) in [6.45, 7) is 3.15. The molecule has 3 N–H and O–H groups in total. The van der Waals surface area contributed by atoms with Crippen LogP contribution in [0.25, 0.3) is 0 Å². The number of carboxylic acid groups (broad SMARTS) is 1. The minimum absolute atomic E-state index is 0.668. The van der Waals surface area contributed by atoms with Crippen LogP contribution >= 0.6 is 11.3 Å². The van der Waals surface area contributed by atoms with Crippen molar-refractivity contribution in [2.24, 2.45) is 0 Å². The van der Waals surface area contributed by atoms with E-state index in [0.29, 0.717) is 5.13 Å². The highest BCUT2D eigenvalue weighted by molar-refractivity contribution is 7.13. The molecule has 0 bridgehead atoms. The van der Waals surface area contributed by atoms with Gasteiger partial charge in [0, 0.05) is 12.3 Å². The molecule has 0 amide bonds. The number of thiazole rings is 1. The number of carboxylic acids is 1. The second kappa shape index (κ2) is 5.54. The van der Waals surface area contributed by atoms with Gasteiger partial charge in [-0.3, -0.25) is 4.79 Å². The lowest BCUT2D eigenvalue weighted by Crippen LogP contribution is -1.83. The van der Waals surface area contributed by atoms with Gasteiger partial charge in [-0.15, -0.1) is 11.3 Å². The lowest BCUT2D eigenvalue weighted by Gasteiger charge is -1.79. The Balaban J connectivity index is 0.000000261. The second-order valence-corrected chi connectivity index (χ2v) is 2.94. The van der Waals surface area contributed by atoms with Crippen molar-refractivity contribution in [1.29, 1.82) is 0 Å². The maximum atomic E-state index is 9.00. The van der Waals surface area contributed by atoms with Crippen molar-refractivity contribution in [3.63, 3.8) is 0 Å². The van der Waals surface area contributed by atoms with E-state index in [1.54, 1.807) is 0 Å². The van der Waals surface area contributed by atoms with Crippen LogP contribution in [0.15, 0.2) is 5.38 Å². The molecule has 68 valence electrons. The monoisotopic (exact) mass is 188 g/mol. The molecule has 0 aromatic carbocycles. The van der Waals surface area contributed by atoms with Crippen molar-refractivity contribution < 1.29 is 9.90 Å². The lowest BCUT2D eigenvalue weighted by atomic mass is 10.4. The van der Waals surface area contributed by atoms with Crippen LogP contribution < -0.4 is 5.73 Å². The quantitative estimate of drug-likeness (QED) is 0.698. The molecule has 0 aliphatic carbocycles. The highest BCUT2D eigenvalue weighted by atomic mass is 32.1. The number of aryl methyl sites for hydroxylation is 1. The third-order valence-electron chi connectivity index (χ3n) is 0.932. The molecular weight excluding hydrogens is 176 g/mol.